The van der Waals surface area contributed by atoms with Gasteiger partial charge in [0.1, 0.15) is 11.2 Å². The standard InChI is InChI=1S/C15H16ClN3O3/c16-11-4-7-18-12(8-11)14(21)22-9-13(20)19-15(10-17)5-2-1-3-6-15/h4,7-8H,1-3,5-6,9H2,(H,19,20). The molecular weight excluding hydrogens is 306 g/mol. The summed E-state index contributed by atoms with van der Waals surface area (Å²) in [6.07, 6.45) is 5.50. The highest BCUT2D eigenvalue weighted by Crippen LogP contribution is 2.27. The molecule has 0 aliphatic heterocycles. The minimum Gasteiger partial charge on any atom is -0.451 e. The van der Waals surface area contributed by atoms with E-state index in [1.54, 1.807) is 0 Å². The highest BCUT2D eigenvalue weighted by Gasteiger charge is 2.33. The third kappa shape index (κ3) is 4.18. The molecule has 1 aromatic rings. The maximum absolute atomic E-state index is 11.9. The van der Waals surface area contributed by atoms with E-state index in [0.29, 0.717) is 17.9 Å². The maximum Gasteiger partial charge on any atom is 0.357 e. The first kappa shape index (κ1) is 16.2. The van der Waals surface area contributed by atoms with Crippen molar-refractivity contribution in [2.75, 3.05) is 6.61 Å². The summed E-state index contributed by atoms with van der Waals surface area (Å²) in [5.41, 5.74) is -0.802. The van der Waals surface area contributed by atoms with Crippen molar-refractivity contribution in [1.29, 1.82) is 5.26 Å². The van der Waals surface area contributed by atoms with Gasteiger partial charge in [0.2, 0.25) is 0 Å². The molecule has 0 saturated heterocycles. The fourth-order valence-corrected chi connectivity index (χ4v) is 2.60. The second kappa shape index (κ2) is 7.23. The number of amides is 1. The molecule has 116 valence electrons. The quantitative estimate of drug-likeness (QED) is 0.858. The molecular formula is C15H16ClN3O3. The van der Waals surface area contributed by atoms with Gasteiger partial charge in [-0.3, -0.25) is 4.79 Å². The molecule has 1 aromatic heterocycles. The molecule has 1 aliphatic carbocycles. The molecule has 1 aliphatic rings. The lowest BCUT2D eigenvalue weighted by molar-refractivity contribution is -0.125. The Morgan fingerprint density at radius 1 is 1.41 bits per heavy atom. The van der Waals surface area contributed by atoms with Crippen molar-refractivity contribution in [2.24, 2.45) is 0 Å². The van der Waals surface area contributed by atoms with Gasteiger partial charge in [0.25, 0.3) is 5.91 Å². The molecule has 0 aromatic carbocycles. The molecule has 0 radical (unpaired) electrons. The maximum atomic E-state index is 11.9. The van der Waals surface area contributed by atoms with Gasteiger partial charge in [-0.25, -0.2) is 9.78 Å². The summed E-state index contributed by atoms with van der Waals surface area (Å²) >= 11 is 5.75. The van der Waals surface area contributed by atoms with Crippen LogP contribution in [0.3, 0.4) is 0 Å². The van der Waals surface area contributed by atoms with Crippen molar-refractivity contribution in [2.45, 2.75) is 37.6 Å². The van der Waals surface area contributed by atoms with Crippen LogP contribution in [-0.4, -0.2) is 29.0 Å². The molecule has 1 heterocycles. The number of hydrogen-bond donors (Lipinski definition) is 1. The first-order valence-electron chi connectivity index (χ1n) is 7.06. The minimum atomic E-state index is -0.837. The Hall–Kier alpha value is -2.13. The van der Waals surface area contributed by atoms with E-state index in [2.05, 4.69) is 16.4 Å². The van der Waals surface area contributed by atoms with Gasteiger partial charge < -0.3 is 10.1 Å². The molecule has 0 atom stereocenters. The fourth-order valence-electron chi connectivity index (χ4n) is 2.44. The zero-order chi connectivity index (χ0) is 16.0. The molecule has 0 bridgehead atoms. The number of esters is 1. The topological polar surface area (TPSA) is 92.1 Å². The van der Waals surface area contributed by atoms with Crippen LogP contribution in [0.1, 0.15) is 42.6 Å². The molecule has 1 saturated carbocycles. The van der Waals surface area contributed by atoms with Crippen LogP contribution in [0.4, 0.5) is 0 Å². The van der Waals surface area contributed by atoms with E-state index in [-0.39, 0.29) is 5.69 Å². The SMILES string of the molecule is N#CC1(NC(=O)COC(=O)c2cc(Cl)ccn2)CCCCC1. The van der Waals surface area contributed by atoms with Gasteiger partial charge in [0.05, 0.1) is 6.07 Å². The van der Waals surface area contributed by atoms with Crippen molar-refractivity contribution in [3.63, 3.8) is 0 Å². The van der Waals surface area contributed by atoms with Gasteiger partial charge in [-0.15, -0.1) is 0 Å². The normalized spacial score (nSPS) is 16.4. The smallest absolute Gasteiger partial charge is 0.357 e. The molecule has 22 heavy (non-hydrogen) atoms. The number of halogens is 1. The van der Waals surface area contributed by atoms with Gasteiger partial charge in [-0.1, -0.05) is 30.9 Å². The van der Waals surface area contributed by atoms with Crippen LogP contribution in [0.15, 0.2) is 18.3 Å². The van der Waals surface area contributed by atoms with Gasteiger partial charge in [0, 0.05) is 11.2 Å². The molecule has 0 spiro atoms. The van der Waals surface area contributed by atoms with Gasteiger partial charge >= 0.3 is 5.97 Å². The van der Waals surface area contributed by atoms with Crippen LogP contribution in [0.2, 0.25) is 5.02 Å². The largest absolute Gasteiger partial charge is 0.451 e. The lowest BCUT2D eigenvalue weighted by Gasteiger charge is -2.31. The predicted octanol–water partition coefficient (Wildman–Crippen LogP) is 2.23. The molecule has 1 N–H and O–H groups in total. The molecule has 7 heteroatoms. The van der Waals surface area contributed by atoms with Crippen molar-refractivity contribution in [1.82, 2.24) is 10.3 Å². The average molecular weight is 322 g/mol. The van der Waals surface area contributed by atoms with Crippen LogP contribution >= 0.6 is 11.6 Å². The summed E-state index contributed by atoms with van der Waals surface area (Å²) in [4.78, 5) is 27.5. The molecule has 0 unspecified atom stereocenters. The van der Waals surface area contributed by atoms with Gasteiger partial charge in [-0.2, -0.15) is 5.26 Å². The number of nitriles is 1. The molecule has 1 fully saturated rings. The first-order chi connectivity index (χ1) is 10.5. The number of ether oxygens (including phenoxy) is 1. The van der Waals surface area contributed by atoms with E-state index < -0.39 is 24.0 Å². The lowest BCUT2D eigenvalue weighted by atomic mass is 9.83. The van der Waals surface area contributed by atoms with E-state index in [4.69, 9.17) is 16.3 Å². The Morgan fingerprint density at radius 3 is 2.77 bits per heavy atom. The van der Waals surface area contributed by atoms with E-state index in [0.717, 1.165) is 19.3 Å². The van der Waals surface area contributed by atoms with Crippen molar-refractivity contribution < 1.29 is 14.3 Å². The predicted molar refractivity (Wildman–Crippen MR) is 79.1 cm³/mol. The summed E-state index contributed by atoms with van der Waals surface area (Å²) in [6.45, 7) is -0.448. The first-order valence-corrected chi connectivity index (χ1v) is 7.43. The third-order valence-corrected chi connectivity index (χ3v) is 3.80. The average Bonchev–Trinajstić information content (AvgIpc) is 2.53. The number of aromatic nitrogens is 1. The Bertz CT molecular complexity index is 606. The Balaban J connectivity index is 1.87. The summed E-state index contributed by atoms with van der Waals surface area (Å²) in [7, 11) is 0. The van der Waals surface area contributed by atoms with E-state index in [9.17, 15) is 14.9 Å². The van der Waals surface area contributed by atoms with Gasteiger partial charge in [0.15, 0.2) is 6.61 Å². The zero-order valence-electron chi connectivity index (χ0n) is 12.0. The van der Waals surface area contributed by atoms with Crippen molar-refractivity contribution in [3.8, 4) is 6.07 Å². The van der Waals surface area contributed by atoms with Crippen LogP contribution in [-0.2, 0) is 9.53 Å². The number of carbonyl (C=O) groups is 2. The fraction of sp³-hybridized carbons (Fsp3) is 0.467. The second-order valence-electron chi connectivity index (χ2n) is 5.24. The monoisotopic (exact) mass is 321 g/mol. The summed E-state index contributed by atoms with van der Waals surface area (Å²) in [5, 5.41) is 12.3. The Labute approximate surface area is 133 Å². The van der Waals surface area contributed by atoms with Crippen LogP contribution < -0.4 is 5.32 Å². The molecule has 6 nitrogen and oxygen atoms in total. The summed E-state index contributed by atoms with van der Waals surface area (Å²) in [6, 6.07) is 5.07. The van der Waals surface area contributed by atoms with Crippen LogP contribution in [0.5, 0.6) is 0 Å². The molecule has 1 amide bonds. The molecule has 2 rings (SSSR count). The van der Waals surface area contributed by atoms with Gasteiger partial charge in [-0.05, 0) is 25.0 Å². The number of hydrogen-bond acceptors (Lipinski definition) is 5. The highest BCUT2D eigenvalue weighted by atomic mass is 35.5. The van der Waals surface area contributed by atoms with E-state index >= 15 is 0 Å². The third-order valence-electron chi connectivity index (χ3n) is 3.57. The highest BCUT2D eigenvalue weighted by molar-refractivity contribution is 6.30. The summed E-state index contributed by atoms with van der Waals surface area (Å²) < 4.78 is 4.89. The Kier molecular flexibility index (Phi) is 5.34. The van der Waals surface area contributed by atoms with Crippen LogP contribution in [0.25, 0.3) is 0 Å². The van der Waals surface area contributed by atoms with Crippen molar-refractivity contribution >= 4 is 23.5 Å². The second-order valence-corrected chi connectivity index (χ2v) is 5.67. The number of pyridine rings is 1. The van der Waals surface area contributed by atoms with E-state index in [1.165, 1.54) is 18.3 Å². The Morgan fingerprint density at radius 2 is 2.14 bits per heavy atom. The lowest BCUT2D eigenvalue weighted by Crippen LogP contribution is -2.50. The van der Waals surface area contributed by atoms with Crippen LogP contribution in [0, 0.1) is 11.3 Å². The van der Waals surface area contributed by atoms with Crippen molar-refractivity contribution in [3.05, 3.63) is 29.0 Å². The zero-order valence-corrected chi connectivity index (χ0v) is 12.7. The van der Waals surface area contributed by atoms with E-state index in [1.807, 2.05) is 0 Å². The number of carbonyl (C=O) groups excluding carboxylic acids is 2. The summed E-state index contributed by atoms with van der Waals surface area (Å²) in [5.74, 6) is -1.22. The number of nitrogens with one attached hydrogen (secondary N) is 1. The minimum absolute atomic E-state index is 0.0352. The number of nitrogens with zero attached hydrogens (tertiary/aromatic N) is 2. The number of rotatable bonds is 4.